The molecule has 0 fully saturated rings. The second kappa shape index (κ2) is 1.92. The van der Waals surface area contributed by atoms with E-state index in [2.05, 4.69) is 11.6 Å². The normalized spacial score (nSPS) is 28.3. The van der Waals surface area contributed by atoms with Gasteiger partial charge in [0, 0.05) is 0 Å². The van der Waals surface area contributed by atoms with Crippen LogP contribution in [0, 0.1) is 0 Å². The Morgan fingerprint density at radius 2 is 2.71 bits per heavy atom. The van der Waals surface area contributed by atoms with Gasteiger partial charge in [0.25, 0.3) is 0 Å². The van der Waals surface area contributed by atoms with Crippen LogP contribution < -0.4 is 0 Å². The zero-order valence-corrected chi connectivity index (χ0v) is 4.30. The first kappa shape index (κ1) is 4.57. The third-order valence-corrected chi connectivity index (χ3v) is 1.16. The summed E-state index contributed by atoms with van der Waals surface area (Å²) in [5, 5.41) is 0. The molecule has 1 aliphatic rings. The fraction of sp³-hybridized carbons (Fsp3) is 0.500. The fourth-order valence-electron chi connectivity index (χ4n) is 0.708. The van der Waals surface area contributed by atoms with Crippen LogP contribution in [0.3, 0.4) is 0 Å². The minimum absolute atomic E-state index is 0.431. The average Bonchev–Trinajstić information content (AvgIpc) is 2.14. The van der Waals surface area contributed by atoms with Gasteiger partial charge in [-0.15, -0.1) is 6.58 Å². The molecule has 1 heteroatoms. The minimum Gasteiger partial charge on any atom is -0.290 e. The first-order chi connectivity index (χ1) is 3.43. The molecule has 1 unspecified atom stereocenters. The maximum absolute atomic E-state index is 4.11. The highest BCUT2D eigenvalue weighted by molar-refractivity contribution is 5.60. The van der Waals surface area contributed by atoms with Gasteiger partial charge in [-0.2, -0.15) is 0 Å². The van der Waals surface area contributed by atoms with Crippen molar-refractivity contribution in [1.29, 1.82) is 0 Å². The largest absolute Gasteiger partial charge is 0.290 e. The van der Waals surface area contributed by atoms with Crippen molar-refractivity contribution in [3.05, 3.63) is 12.7 Å². The van der Waals surface area contributed by atoms with E-state index in [4.69, 9.17) is 0 Å². The molecule has 1 rings (SSSR count). The zero-order valence-electron chi connectivity index (χ0n) is 4.30. The molecule has 1 aliphatic heterocycles. The van der Waals surface area contributed by atoms with Crippen LogP contribution >= 0.6 is 0 Å². The second-order valence-corrected chi connectivity index (χ2v) is 1.71. The fourth-order valence-corrected chi connectivity index (χ4v) is 0.708. The lowest BCUT2D eigenvalue weighted by atomic mass is 10.2. The van der Waals surface area contributed by atoms with Gasteiger partial charge in [-0.3, -0.25) is 4.99 Å². The second-order valence-electron chi connectivity index (χ2n) is 1.71. The van der Waals surface area contributed by atoms with Crippen LogP contribution in [0.25, 0.3) is 0 Å². The number of hydrogen-bond acceptors (Lipinski definition) is 1. The molecule has 0 saturated carbocycles. The summed E-state index contributed by atoms with van der Waals surface area (Å²) in [5.74, 6) is 0. The van der Waals surface area contributed by atoms with Gasteiger partial charge in [0.2, 0.25) is 0 Å². The van der Waals surface area contributed by atoms with Crippen molar-refractivity contribution in [1.82, 2.24) is 0 Å². The van der Waals surface area contributed by atoms with Crippen LogP contribution in [-0.4, -0.2) is 12.3 Å². The molecule has 0 saturated heterocycles. The topological polar surface area (TPSA) is 12.4 Å². The van der Waals surface area contributed by atoms with E-state index in [9.17, 15) is 0 Å². The lowest BCUT2D eigenvalue weighted by Gasteiger charge is -1.92. The highest BCUT2D eigenvalue weighted by Crippen LogP contribution is 2.07. The molecular formula is C6H9N. The third-order valence-electron chi connectivity index (χ3n) is 1.16. The van der Waals surface area contributed by atoms with E-state index in [-0.39, 0.29) is 0 Å². The van der Waals surface area contributed by atoms with Gasteiger partial charge < -0.3 is 0 Å². The number of rotatable bonds is 1. The predicted molar refractivity (Wildman–Crippen MR) is 31.7 cm³/mol. The van der Waals surface area contributed by atoms with Crippen LogP contribution in [0.15, 0.2) is 17.6 Å². The molecule has 0 aromatic rings. The van der Waals surface area contributed by atoms with Crippen molar-refractivity contribution in [2.45, 2.75) is 18.9 Å². The van der Waals surface area contributed by atoms with Gasteiger partial charge in [-0.05, 0) is 19.1 Å². The van der Waals surface area contributed by atoms with Crippen molar-refractivity contribution in [2.75, 3.05) is 0 Å². The molecule has 0 aliphatic carbocycles. The summed E-state index contributed by atoms with van der Waals surface area (Å²) < 4.78 is 0. The van der Waals surface area contributed by atoms with Gasteiger partial charge in [-0.1, -0.05) is 6.08 Å². The highest BCUT2D eigenvalue weighted by atomic mass is 14.8. The van der Waals surface area contributed by atoms with E-state index in [0.29, 0.717) is 6.04 Å². The van der Waals surface area contributed by atoms with Crippen molar-refractivity contribution >= 4 is 6.21 Å². The summed E-state index contributed by atoms with van der Waals surface area (Å²) >= 11 is 0. The molecule has 38 valence electrons. The quantitative estimate of drug-likeness (QED) is 0.436. The SMILES string of the molecule is C=CC1CCC=N1. The summed E-state index contributed by atoms with van der Waals surface area (Å²) in [4.78, 5) is 4.11. The molecule has 0 aromatic heterocycles. The van der Waals surface area contributed by atoms with Gasteiger partial charge in [0.1, 0.15) is 0 Å². The monoisotopic (exact) mass is 95.1 g/mol. The molecule has 1 heterocycles. The van der Waals surface area contributed by atoms with Gasteiger partial charge >= 0.3 is 0 Å². The van der Waals surface area contributed by atoms with Gasteiger partial charge in [0.05, 0.1) is 6.04 Å². The van der Waals surface area contributed by atoms with E-state index in [1.807, 2.05) is 12.3 Å². The first-order valence-corrected chi connectivity index (χ1v) is 2.57. The van der Waals surface area contributed by atoms with Crippen LogP contribution in [0.1, 0.15) is 12.8 Å². The van der Waals surface area contributed by atoms with Gasteiger partial charge in [0.15, 0.2) is 0 Å². The van der Waals surface area contributed by atoms with Gasteiger partial charge in [-0.25, -0.2) is 0 Å². The third kappa shape index (κ3) is 0.889. The van der Waals surface area contributed by atoms with E-state index >= 15 is 0 Å². The van der Waals surface area contributed by atoms with E-state index in [1.165, 1.54) is 6.42 Å². The minimum atomic E-state index is 0.431. The molecule has 0 N–H and O–H groups in total. The molecule has 0 amide bonds. The summed E-state index contributed by atoms with van der Waals surface area (Å²) in [6.45, 7) is 3.63. The van der Waals surface area contributed by atoms with E-state index in [0.717, 1.165) is 6.42 Å². The Bertz CT molecular complexity index is 94.4. The van der Waals surface area contributed by atoms with Crippen molar-refractivity contribution in [3.8, 4) is 0 Å². The average molecular weight is 95.1 g/mol. The van der Waals surface area contributed by atoms with Crippen LogP contribution in [0.5, 0.6) is 0 Å². The Kier molecular flexibility index (Phi) is 1.25. The standard InChI is InChI=1S/C6H9N/c1-2-6-4-3-5-7-6/h2,5-6H,1,3-4H2. The maximum Gasteiger partial charge on any atom is 0.0676 e. The number of aliphatic imine (C=N–C) groups is 1. The predicted octanol–water partition coefficient (Wildman–Crippen LogP) is 1.41. The smallest absolute Gasteiger partial charge is 0.0676 e. The summed E-state index contributed by atoms with van der Waals surface area (Å²) in [6.07, 6.45) is 6.16. The summed E-state index contributed by atoms with van der Waals surface area (Å²) in [5.41, 5.74) is 0. The van der Waals surface area contributed by atoms with E-state index in [1.54, 1.807) is 0 Å². The lowest BCUT2D eigenvalue weighted by Crippen LogP contribution is -1.89. The molecule has 7 heavy (non-hydrogen) atoms. The lowest BCUT2D eigenvalue weighted by molar-refractivity contribution is 0.809. The van der Waals surface area contributed by atoms with E-state index < -0.39 is 0 Å². The molecule has 1 nitrogen and oxygen atoms in total. The summed E-state index contributed by atoms with van der Waals surface area (Å²) in [6, 6.07) is 0.431. The Labute approximate surface area is 43.8 Å². The molecule has 0 radical (unpaired) electrons. The maximum atomic E-state index is 4.11. The molecule has 0 aromatic carbocycles. The van der Waals surface area contributed by atoms with Crippen molar-refractivity contribution in [2.24, 2.45) is 4.99 Å². The highest BCUT2D eigenvalue weighted by Gasteiger charge is 2.02. The Morgan fingerprint density at radius 3 is 3.00 bits per heavy atom. The Hall–Kier alpha value is -0.590. The van der Waals surface area contributed by atoms with Crippen LogP contribution in [0.2, 0.25) is 0 Å². The molecule has 0 bridgehead atoms. The number of hydrogen-bond donors (Lipinski definition) is 0. The molecule has 0 spiro atoms. The first-order valence-electron chi connectivity index (χ1n) is 2.57. The van der Waals surface area contributed by atoms with Crippen LogP contribution in [-0.2, 0) is 0 Å². The Balaban J connectivity index is 2.42. The van der Waals surface area contributed by atoms with Crippen molar-refractivity contribution in [3.63, 3.8) is 0 Å². The molecular weight excluding hydrogens is 86.1 g/mol. The molecule has 1 atom stereocenters. The summed E-state index contributed by atoms with van der Waals surface area (Å²) in [7, 11) is 0. The number of nitrogens with zero attached hydrogens (tertiary/aromatic N) is 1. The van der Waals surface area contributed by atoms with Crippen molar-refractivity contribution < 1.29 is 0 Å². The van der Waals surface area contributed by atoms with Crippen LogP contribution in [0.4, 0.5) is 0 Å². The Morgan fingerprint density at radius 1 is 1.86 bits per heavy atom. The zero-order chi connectivity index (χ0) is 5.11.